The van der Waals surface area contributed by atoms with Crippen LogP contribution in [0.15, 0.2) is 66.9 Å². The van der Waals surface area contributed by atoms with Gasteiger partial charge in [0.05, 0.1) is 22.4 Å². The summed E-state index contributed by atoms with van der Waals surface area (Å²) in [5, 5.41) is 10.4. The number of benzene rings is 2. The smallest absolute Gasteiger partial charge is 0.195 e. The molecule has 4 aromatic rings. The number of nitrogens with zero attached hydrogens (tertiary/aromatic N) is 2. The molecule has 1 unspecified atom stereocenters. The Kier molecular flexibility index (Phi) is 5.38. The van der Waals surface area contributed by atoms with E-state index in [1.807, 2.05) is 31.2 Å². The zero-order chi connectivity index (χ0) is 20.5. The molecule has 0 radical (unpaired) electrons. The Hall–Kier alpha value is -2.71. The van der Waals surface area contributed by atoms with Crippen molar-refractivity contribution in [1.29, 1.82) is 0 Å². The van der Waals surface area contributed by atoms with Crippen LogP contribution in [0.2, 0.25) is 0 Å². The minimum atomic E-state index is -1.18. The van der Waals surface area contributed by atoms with Crippen molar-refractivity contribution in [2.45, 2.75) is 13.0 Å². The summed E-state index contributed by atoms with van der Waals surface area (Å²) in [7, 11) is 1.62. The van der Waals surface area contributed by atoms with Gasteiger partial charge in [0, 0.05) is 23.0 Å². The molecule has 29 heavy (non-hydrogen) atoms. The van der Waals surface area contributed by atoms with Crippen LogP contribution >= 0.6 is 22.6 Å². The number of pyridine rings is 1. The van der Waals surface area contributed by atoms with Gasteiger partial charge in [0.2, 0.25) is 0 Å². The summed E-state index contributed by atoms with van der Waals surface area (Å²) in [4.78, 5) is 17.2. The average molecular weight is 498 g/mol. The van der Waals surface area contributed by atoms with Crippen LogP contribution in [0, 0.1) is 10.5 Å². The number of aliphatic hydroxyl groups excluding tert-OH is 1. The predicted molar refractivity (Wildman–Crippen MR) is 121 cm³/mol. The summed E-state index contributed by atoms with van der Waals surface area (Å²) in [6, 6.07) is 18.2. The number of methoxy groups -OCH3 is 1. The second kappa shape index (κ2) is 7.96. The minimum Gasteiger partial charge on any atom is -0.495 e. The number of rotatable bonds is 5. The van der Waals surface area contributed by atoms with Gasteiger partial charge < -0.3 is 14.4 Å². The van der Waals surface area contributed by atoms with E-state index < -0.39 is 6.10 Å². The van der Waals surface area contributed by atoms with Gasteiger partial charge in [-0.05, 0) is 59.3 Å². The van der Waals surface area contributed by atoms with E-state index in [1.165, 1.54) is 0 Å². The summed E-state index contributed by atoms with van der Waals surface area (Å²) in [6.45, 7) is 2.04. The Labute approximate surface area is 182 Å². The highest BCUT2D eigenvalue weighted by atomic mass is 127. The average Bonchev–Trinajstić information content (AvgIpc) is 3.03. The Morgan fingerprint density at radius 3 is 2.48 bits per heavy atom. The highest BCUT2D eigenvalue weighted by Crippen LogP contribution is 2.31. The van der Waals surface area contributed by atoms with Gasteiger partial charge in [-0.25, -0.2) is 4.98 Å². The van der Waals surface area contributed by atoms with E-state index in [0.29, 0.717) is 16.9 Å². The number of fused-ring (bicyclic) bond motifs is 1. The molecule has 2 aromatic carbocycles. The molecule has 0 aliphatic rings. The first kappa shape index (κ1) is 19.6. The molecule has 0 amide bonds. The molecule has 0 saturated heterocycles. The van der Waals surface area contributed by atoms with Crippen molar-refractivity contribution in [2.75, 3.05) is 7.11 Å². The molecule has 4 rings (SSSR count). The molecule has 2 heterocycles. The number of halogens is 1. The lowest BCUT2D eigenvalue weighted by atomic mass is 10.00. The van der Waals surface area contributed by atoms with Crippen LogP contribution in [0.3, 0.4) is 0 Å². The van der Waals surface area contributed by atoms with Crippen molar-refractivity contribution < 1.29 is 14.6 Å². The largest absolute Gasteiger partial charge is 0.495 e. The Morgan fingerprint density at radius 1 is 1.14 bits per heavy atom. The van der Waals surface area contributed by atoms with Crippen molar-refractivity contribution in [3.63, 3.8) is 0 Å². The SMILES string of the molecule is COc1cnc2c(I)c(C)n(-c3ccc(C(=O)C(O)c4ccccc4)cc3)c2c1. The molecule has 2 aromatic heterocycles. The summed E-state index contributed by atoms with van der Waals surface area (Å²) in [5.41, 5.74) is 4.87. The lowest BCUT2D eigenvalue weighted by Gasteiger charge is -2.12. The standard InChI is InChI=1S/C23H19IN2O3/c1-14-20(24)21-19(12-18(29-2)13-25-21)26(14)17-10-8-16(9-11-17)23(28)22(27)15-6-4-3-5-7-15/h3-13,22,27H,1-2H3. The van der Waals surface area contributed by atoms with Crippen molar-refractivity contribution in [3.8, 4) is 11.4 Å². The minimum absolute atomic E-state index is 0.324. The number of aromatic nitrogens is 2. The fourth-order valence-corrected chi connectivity index (χ4v) is 4.04. The van der Waals surface area contributed by atoms with Crippen LogP contribution in [-0.2, 0) is 0 Å². The molecular weight excluding hydrogens is 479 g/mol. The number of carbonyl (C=O) groups is 1. The molecule has 0 saturated carbocycles. The molecule has 1 atom stereocenters. The summed E-state index contributed by atoms with van der Waals surface area (Å²) < 4.78 is 8.49. The van der Waals surface area contributed by atoms with E-state index in [1.54, 1.807) is 49.7 Å². The second-order valence-electron chi connectivity index (χ2n) is 6.70. The molecule has 0 spiro atoms. The third-order valence-corrected chi connectivity index (χ3v) is 6.25. The van der Waals surface area contributed by atoms with Gasteiger partial charge in [-0.2, -0.15) is 0 Å². The van der Waals surface area contributed by atoms with Gasteiger partial charge in [0.1, 0.15) is 17.4 Å². The maximum atomic E-state index is 12.7. The third-order valence-electron chi connectivity index (χ3n) is 4.95. The number of Topliss-reactive ketones (excluding diaryl/α,β-unsaturated/α-hetero) is 1. The summed E-state index contributed by atoms with van der Waals surface area (Å²) in [5.74, 6) is 0.361. The van der Waals surface area contributed by atoms with Crippen LogP contribution in [-0.4, -0.2) is 27.6 Å². The zero-order valence-electron chi connectivity index (χ0n) is 16.0. The van der Waals surface area contributed by atoms with Crippen molar-refractivity contribution >= 4 is 39.4 Å². The van der Waals surface area contributed by atoms with Gasteiger partial charge in [-0.3, -0.25) is 4.79 Å². The Morgan fingerprint density at radius 2 is 1.83 bits per heavy atom. The van der Waals surface area contributed by atoms with Gasteiger partial charge in [0.15, 0.2) is 5.78 Å². The number of ketones is 1. The van der Waals surface area contributed by atoms with Crippen molar-refractivity contribution in [3.05, 3.63) is 87.3 Å². The van der Waals surface area contributed by atoms with Crippen LogP contribution in [0.25, 0.3) is 16.7 Å². The topological polar surface area (TPSA) is 64.4 Å². The molecule has 0 aliphatic carbocycles. The predicted octanol–water partition coefficient (Wildman–Crippen LogP) is 4.86. The van der Waals surface area contributed by atoms with E-state index in [-0.39, 0.29) is 5.78 Å². The Bertz CT molecular complexity index is 1180. The first-order valence-corrected chi connectivity index (χ1v) is 10.2. The molecule has 146 valence electrons. The van der Waals surface area contributed by atoms with Crippen LogP contribution in [0.1, 0.15) is 27.7 Å². The van der Waals surface area contributed by atoms with E-state index in [0.717, 1.165) is 26.0 Å². The highest BCUT2D eigenvalue weighted by molar-refractivity contribution is 14.1. The lowest BCUT2D eigenvalue weighted by molar-refractivity contribution is 0.0747. The third kappa shape index (κ3) is 3.54. The van der Waals surface area contributed by atoms with E-state index in [2.05, 4.69) is 32.1 Å². The number of carbonyl (C=O) groups excluding carboxylic acids is 1. The molecule has 0 bridgehead atoms. The molecule has 6 heteroatoms. The number of hydrogen-bond acceptors (Lipinski definition) is 4. The second-order valence-corrected chi connectivity index (χ2v) is 7.78. The highest BCUT2D eigenvalue weighted by Gasteiger charge is 2.20. The summed E-state index contributed by atoms with van der Waals surface area (Å²) in [6.07, 6.45) is 0.534. The van der Waals surface area contributed by atoms with Crippen molar-refractivity contribution in [1.82, 2.24) is 9.55 Å². The van der Waals surface area contributed by atoms with E-state index in [9.17, 15) is 9.90 Å². The maximum absolute atomic E-state index is 12.7. The van der Waals surface area contributed by atoms with Gasteiger partial charge >= 0.3 is 0 Å². The van der Waals surface area contributed by atoms with Crippen LogP contribution < -0.4 is 4.74 Å². The molecule has 0 aliphatic heterocycles. The molecule has 1 N–H and O–H groups in total. The monoisotopic (exact) mass is 498 g/mol. The number of aliphatic hydroxyl groups is 1. The molecular formula is C23H19IN2O3. The summed E-state index contributed by atoms with van der Waals surface area (Å²) >= 11 is 2.30. The van der Waals surface area contributed by atoms with Crippen LogP contribution in [0.5, 0.6) is 5.75 Å². The molecule has 5 nitrogen and oxygen atoms in total. The quantitative estimate of drug-likeness (QED) is 0.315. The fourth-order valence-electron chi connectivity index (χ4n) is 3.39. The van der Waals surface area contributed by atoms with Gasteiger partial charge in [-0.15, -0.1) is 0 Å². The van der Waals surface area contributed by atoms with Gasteiger partial charge in [0.25, 0.3) is 0 Å². The van der Waals surface area contributed by atoms with E-state index in [4.69, 9.17) is 4.74 Å². The van der Waals surface area contributed by atoms with Crippen LogP contribution in [0.4, 0.5) is 0 Å². The zero-order valence-corrected chi connectivity index (χ0v) is 18.1. The first-order chi connectivity index (χ1) is 14.0. The number of hydrogen-bond donors (Lipinski definition) is 1. The van der Waals surface area contributed by atoms with Gasteiger partial charge in [-0.1, -0.05) is 30.3 Å². The Balaban J connectivity index is 1.72. The number of ether oxygens (including phenoxy) is 1. The normalized spacial score (nSPS) is 12.1. The van der Waals surface area contributed by atoms with E-state index >= 15 is 0 Å². The van der Waals surface area contributed by atoms with Crippen molar-refractivity contribution in [2.24, 2.45) is 0 Å². The lowest BCUT2D eigenvalue weighted by Crippen LogP contribution is -2.12. The maximum Gasteiger partial charge on any atom is 0.195 e. The fraction of sp³-hybridized carbons (Fsp3) is 0.130. The molecule has 0 fully saturated rings. The first-order valence-electron chi connectivity index (χ1n) is 9.09.